The molecular weight excluding hydrogens is 280 g/mol. The van der Waals surface area contributed by atoms with E-state index in [4.69, 9.17) is 0 Å². The molecule has 0 bridgehead atoms. The quantitative estimate of drug-likeness (QED) is 0.478. The van der Waals surface area contributed by atoms with Gasteiger partial charge in [0.1, 0.15) is 0 Å². The molecule has 0 heterocycles. The van der Waals surface area contributed by atoms with Crippen molar-refractivity contribution in [1.29, 1.82) is 0 Å². The topological polar surface area (TPSA) is 24.7 Å². The van der Waals surface area contributed by atoms with Crippen LogP contribution in [0.2, 0.25) is 0 Å². The molecule has 0 spiro atoms. The van der Waals surface area contributed by atoms with Crippen molar-refractivity contribution in [3.63, 3.8) is 0 Å². The number of amidine groups is 1. The van der Waals surface area contributed by atoms with E-state index in [1.165, 1.54) is 11.1 Å². The molecule has 0 fully saturated rings. The van der Waals surface area contributed by atoms with Crippen molar-refractivity contribution in [1.82, 2.24) is 0 Å². The second-order valence-corrected chi connectivity index (χ2v) is 5.23. The highest BCUT2D eigenvalue weighted by molar-refractivity contribution is 6.01. The number of nitrogens with zero attached hydrogens (tertiary/aromatic N) is 2. The molecule has 0 N–H and O–H groups in total. The van der Waals surface area contributed by atoms with Crippen molar-refractivity contribution in [2.75, 3.05) is 0 Å². The zero-order valence-corrected chi connectivity index (χ0v) is 12.9. The van der Waals surface area contributed by atoms with Gasteiger partial charge in [0.25, 0.3) is 0 Å². The Kier molecular flexibility index (Phi) is 4.75. The smallest absolute Gasteiger partial charge is 0.154 e. The second kappa shape index (κ2) is 7.32. The van der Waals surface area contributed by atoms with Gasteiger partial charge in [-0.2, -0.15) is 0 Å². The predicted molar refractivity (Wildman–Crippen MR) is 98.1 cm³/mol. The molecule has 2 heteroatoms. The van der Waals surface area contributed by atoms with Crippen LogP contribution in [0.4, 0.5) is 0 Å². The molecule has 0 radical (unpaired) electrons. The summed E-state index contributed by atoms with van der Waals surface area (Å²) >= 11 is 0. The average molecular weight is 298 g/mol. The highest BCUT2D eigenvalue weighted by Gasteiger charge is 2.02. The van der Waals surface area contributed by atoms with Crippen molar-refractivity contribution in [2.24, 2.45) is 9.98 Å². The molecule has 0 atom stereocenters. The summed E-state index contributed by atoms with van der Waals surface area (Å²) in [4.78, 5) is 8.65. The van der Waals surface area contributed by atoms with Crippen LogP contribution >= 0.6 is 0 Å². The lowest BCUT2D eigenvalue weighted by molar-refractivity contribution is 1.06. The van der Waals surface area contributed by atoms with Gasteiger partial charge in [-0.3, -0.25) is 4.99 Å². The first-order valence-corrected chi connectivity index (χ1v) is 7.58. The van der Waals surface area contributed by atoms with E-state index in [0.29, 0.717) is 12.4 Å². The monoisotopic (exact) mass is 298 g/mol. The van der Waals surface area contributed by atoms with Gasteiger partial charge in [0.2, 0.25) is 0 Å². The van der Waals surface area contributed by atoms with Gasteiger partial charge in [0, 0.05) is 5.56 Å². The van der Waals surface area contributed by atoms with Crippen LogP contribution in [-0.2, 0) is 6.54 Å². The van der Waals surface area contributed by atoms with Gasteiger partial charge < -0.3 is 0 Å². The zero-order chi connectivity index (χ0) is 15.9. The molecule has 112 valence electrons. The minimum absolute atomic E-state index is 0.607. The van der Waals surface area contributed by atoms with Gasteiger partial charge in [0.05, 0.1) is 6.54 Å². The fourth-order valence-electron chi connectivity index (χ4n) is 2.42. The highest BCUT2D eigenvalue weighted by atomic mass is 14.9. The molecule has 0 saturated carbocycles. The predicted octanol–water partition coefficient (Wildman–Crippen LogP) is 5.00. The van der Waals surface area contributed by atoms with E-state index >= 15 is 0 Å². The first-order chi connectivity index (χ1) is 11.4. The third-order valence-corrected chi connectivity index (χ3v) is 3.65. The Bertz CT molecular complexity index is 788. The molecule has 0 aliphatic rings. The Labute approximate surface area is 136 Å². The fraction of sp³-hybridized carbons (Fsp3) is 0.0476. The molecule has 0 aliphatic carbocycles. The van der Waals surface area contributed by atoms with E-state index in [1.807, 2.05) is 48.5 Å². The van der Waals surface area contributed by atoms with Crippen molar-refractivity contribution >= 4 is 12.6 Å². The summed E-state index contributed by atoms with van der Waals surface area (Å²) in [5.41, 5.74) is 4.53. The van der Waals surface area contributed by atoms with E-state index < -0.39 is 0 Å². The van der Waals surface area contributed by atoms with Gasteiger partial charge in [0.15, 0.2) is 5.84 Å². The van der Waals surface area contributed by atoms with E-state index in [9.17, 15) is 0 Å². The standard InChI is InChI=1S/C21H18N2/c1-22-21(23-16-17-8-4-2-5-9-17)20-14-12-19(13-15-20)18-10-6-3-7-11-18/h2-15H,1,16H2/b23-21-. The zero-order valence-electron chi connectivity index (χ0n) is 12.9. The Balaban J connectivity index is 1.80. The maximum atomic E-state index is 4.57. The molecule has 3 aromatic carbocycles. The SMILES string of the molecule is C=N/C(=N\Cc1ccccc1)c1ccc(-c2ccccc2)cc1. The summed E-state index contributed by atoms with van der Waals surface area (Å²) in [7, 11) is 0. The van der Waals surface area contributed by atoms with Crippen molar-refractivity contribution in [2.45, 2.75) is 6.54 Å². The largest absolute Gasteiger partial charge is 0.261 e. The van der Waals surface area contributed by atoms with Gasteiger partial charge in [-0.1, -0.05) is 84.9 Å². The molecule has 0 saturated heterocycles. The molecule has 23 heavy (non-hydrogen) atoms. The molecular formula is C21H18N2. The van der Waals surface area contributed by atoms with Crippen LogP contribution < -0.4 is 0 Å². The van der Waals surface area contributed by atoms with Crippen molar-refractivity contribution < 1.29 is 0 Å². The molecule has 0 aromatic heterocycles. The van der Waals surface area contributed by atoms with E-state index in [0.717, 1.165) is 11.1 Å². The molecule has 3 aromatic rings. The Morgan fingerprint density at radius 2 is 1.26 bits per heavy atom. The van der Waals surface area contributed by atoms with Crippen LogP contribution in [0.3, 0.4) is 0 Å². The van der Waals surface area contributed by atoms with Crippen LogP contribution in [0.5, 0.6) is 0 Å². The minimum Gasteiger partial charge on any atom is -0.261 e. The van der Waals surface area contributed by atoms with E-state index in [-0.39, 0.29) is 0 Å². The summed E-state index contributed by atoms with van der Waals surface area (Å²) in [6.07, 6.45) is 0. The number of hydrogen-bond acceptors (Lipinski definition) is 1. The van der Waals surface area contributed by atoms with Crippen LogP contribution in [0.25, 0.3) is 11.1 Å². The highest BCUT2D eigenvalue weighted by Crippen LogP contribution is 2.19. The van der Waals surface area contributed by atoms with Crippen molar-refractivity contribution in [3.05, 3.63) is 96.1 Å². The maximum absolute atomic E-state index is 4.57. The number of hydrogen-bond donors (Lipinski definition) is 0. The third kappa shape index (κ3) is 3.80. The Morgan fingerprint density at radius 1 is 0.696 bits per heavy atom. The summed E-state index contributed by atoms with van der Waals surface area (Å²) < 4.78 is 0. The summed E-state index contributed by atoms with van der Waals surface area (Å²) in [5.74, 6) is 0.675. The molecule has 3 rings (SSSR count). The Hall–Kier alpha value is -3.00. The molecule has 0 amide bonds. The fourth-order valence-corrected chi connectivity index (χ4v) is 2.42. The first kappa shape index (κ1) is 14.9. The minimum atomic E-state index is 0.607. The lowest BCUT2D eigenvalue weighted by Crippen LogP contribution is -1.97. The second-order valence-electron chi connectivity index (χ2n) is 5.23. The third-order valence-electron chi connectivity index (χ3n) is 3.65. The van der Waals surface area contributed by atoms with E-state index in [1.54, 1.807) is 0 Å². The number of aliphatic imine (C=N–C) groups is 2. The Morgan fingerprint density at radius 3 is 1.87 bits per heavy atom. The maximum Gasteiger partial charge on any atom is 0.154 e. The summed E-state index contributed by atoms with van der Waals surface area (Å²) in [5, 5.41) is 0. The van der Waals surface area contributed by atoms with Crippen molar-refractivity contribution in [3.8, 4) is 11.1 Å². The van der Waals surface area contributed by atoms with Crippen LogP contribution in [0, 0.1) is 0 Å². The molecule has 2 nitrogen and oxygen atoms in total. The van der Waals surface area contributed by atoms with E-state index in [2.05, 4.69) is 53.1 Å². The van der Waals surface area contributed by atoms with Gasteiger partial charge in [-0.05, 0) is 23.4 Å². The number of benzene rings is 3. The average Bonchev–Trinajstić information content (AvgIpc) is 2.64. The van der Waals surface area contributed by atoms with Crippen LogP contribution in [-0.4, -0.2) is 12.6 Å². The lowest BCUT2D eigenvalue weighted by Gasteiger charge is -2.05. The molecule has 0 unspecified atom stereocenters. The van der Waals surface area contributed by atoms with Crippen LogP contribution in [0.15, 0.2) is 94.9 Å². The summed E-state index contributed by atoms with van der Waals surface area (Å²) in [6, 6.07) is 28.7. The van der Waals surface area contributed by atoms with Crippen LogP contribution in [0.1, 0.15) is 11.1 Å². The van der Waals surface area contributed by atoms with Gasteiger partial charge >= 0.3 is 0 Å². The first-order valence-electron chi connectivity index (χ1n) is 7.58. The lowest BCUT2D eigenvalue weighted by atomic mass is 10.0. The molecule has 0 aliphatic heterocycles. The number of rotatable bonds is 4. The van der Waals surface area contributed by atoms with Gasteiger partial charge in [-0.15, -0.1) is 0 Å². The van der Waals surface area contributed by atoms with Gasteiger partial charge in [-0.25, -0.2) is 4.99 Å². The summed E-state index contributed by atoms with van der Waals surface area (Å²) in [6.45, 7) is 4.26. The normalized spacial score (nSPS) is 11.2.